The van der Waals surface area contributed by atoms with E-state index in [0.717, 1.165) is 29.7 Å². The van der Waals surface area contributed by atoms with Crippen LogP contribution in [0.3, 0.4) is 0 Å². The molecular formula is C22H26N2O4S. The highest BCUT2D eigenvalue weighted by atomic mass is 32.1. The predicted molar refractivity (Wildman–Crippen MR) is 116 cm³/mol. The van der Waals surface area contributed by atoms with Crippen LogP contribution in [0.15, 0.2) is 40.8 Å². The molecule has 6 nitrogen and oxygen atoms in total. The fraction of sp³-hybridized carbons (Fsp3) is 0.409. The van der Waals surface area contributed by atoms with Crippen LogP contribution in [0.4, 0.5) is 0 Å². The second-order valence-electron chi connectivity index (χ2n) is 6.75. The van der Waals surface area contributed by atoms with Gasteiger partial charge in [0.2, 0.25) is 0 Å². The zero-order chi connectivity index (χ0) is 20.8. The lowest BCUT2D eigenvalue weighted by Gasteiger charge is -2.16. The zero-order valence-electron chi connectivity index (χ0n) is 17.0. The van der Waals surface area contributed by atoms with Gasteiger partial charge in [0.25, 0.3) is 5.56 Å². The Morgan fingerprint density at radius 2 is 1.86 bits per heavy atom. The van der Waals surface area contributed by atoms with Crippen molar-refractivity contribution in [2.75, 3.05) is 13.2 Å². The Morgan fingerprint density at radius 1 is 1.14 bits per heavy atom. The predicted octanol–water partition coefficient (Wildman–Crippen LogP) is 4.82. The average Bonchev–Trinajstić information content (AvgIpc) is 3.18. The maximum absolute atomic E-state index is 13.3. The van der Waals surface area contributed by atoms with Crippen LogP contribution in [0, 0.1) is 0 Å². The fourth-order valence-electron chi connectivity index (χ4n) is 3.11. The molecule has 1 aromatic carbocycles. The van der Waals surface area contributed by atoms with Crippen LogP contribution >= 0.6 is 11.3 Å². The molecule has 0 fully saturated rings. The number of carbonyl (C=O) groups excluding carboxylic acids is 1. The van der Waals surface area contributed by atoms with Crippen LogP contribution < -0.4 is 10.3 Å². The summed E-state index contributed by atoms with van der Waals surface area (Å²) in [5, 5.41) is 2.46. The molecule has 1 atom stereocenters. The van der Waals surface area contributed by atoms with E-state index in [1.54, 1.807) is 0 Å². The Morgan fingerprint density at radius 3 is 2.52 bits per heavy atom. The minimum Gasteiger partial charge on any atom is -0.494 e. The van der Waals surface area contributed by atoms with Gasteiger partial charge in [-0.05, 0) is 37.0 Å². The molecule has 0 aliphatic rings. The van der Waals surface area contributed by atoms with Crippen molar-refractivity contribution < 1.29 is 14.3 Å². The summed E-state index contributed by atoms with van der Waals surface area (Å²) in [6.45, 7) is 6.87. The third kappa shape index (κ3) is 4.50. The first-order chi connectivity index (χ1) is 14.1. The Labute approximate surface area is 174 Å². The zero-order valence-corrected chi connectivity index (χ0v) is 17.8. The lowest BCUT2D eigenvalue weighted by molar-refractivity contribution is -0.147. The minimum absolute atomic E-state index is 0.224. The van der Waals surface area contributed by atoms with Crippen molar-refractivity contribution >= 4 is 27.5 Å². The van der Waals surface area contributed by atoms with Gasteiger partial charge >= 0.3 is 5.97 Å². The summed E-state index contributed by atoms with van der Waals surface area (Å²) in [6.07, 6.45) is 3.59. The quantitative estimate of drug-likeness (QED) is 0.470. The minimum atomic E-state index is -0.677. The highest BCUT2D eigenvalue weighted by Gasteiger charge is 2.23. The first-order valence-electron chi connectivity index (χ1n) is 9.98. The van der Waals surface area contributed by atoms with Gasteiger partial charge in [-0.3, -0.25) is 9.36 Å². The fourth-order valence-corrected chi connectivity index (χ4v) is 4.01. The van der Waals surface area contributed by atoms with Crippen molar-refractivity contribution in [3.05, 3.63) is 46.3 Å². The molecule has 0 amide bonds. The largest absolute Gasteiger partial charge is 0.494 e. The van der Waals surface area contributed by atoms with E-state index in [-0.39, 0.29) is 5.56 Å². The van der Waals surface area contributed by atoms with Crippen molar-refractivity contribution in [3.8, 4) is 16.9 Å². The molecular weight excluding hydrogens is 388 g/mol. The lowest BCUT2D eigenvalue weighted by Crippen LogP contribution is -2.31. The van der Waals surface area contributed by atoms with Crippen LogP contribution in [-0.2, 0) is 9.53 Å². The van der Waals surface area contributed by atoms with Crippen LogP contribution in [0.1, 0.15) is 46.1 Å². The van der Waals surface area contributed by atoms with Gasteiger partial charge in [0, 0.05) is 10.9 Å². The highest BCUT2D eigenvalue weighted by molar-refractivity contribution is 7.17. The van der Waals surface area contributed by atoms with E-state index in [9.17, 15) is 9.59 Å². The summed E-state index contributed by atoms with van der Waals surface area (Å²) in [5.74, 6) is 0.405. The molecule has 7 heteroatoms. The summed E-state index contributed by atoms with van der Waals surface area (Å²) < 4.78 is 12.3. The van der Waals surface area contributed by atoms with Gasteiger partial charge in [-0.2, -0.15) is 0 Å². The van der Waals surface area contributed by atoms with E-state index in [1.165, 1.54) is 22.2 Å². The van der Waals surface area contributed by atoms with Gasteiger partial charge in [0.05, 0.1) is 24.9 Å². The summed E-state index contributed by atoms with van der Waals surface area (Å²) in [7, 11) is 0. The van der Waals surface area contributed by atoms with E-state index >= 15 is 0 Å². The van der Waals surface area contributed by atoms with E-state index < -0.39 is 12.0 Å². The number of carbonyl (C=O) groups is 1. The van der Waals surface area contributed by atoms with Crippen LogP contribution in [0.25, 0.3) is 21.3 Å². The van der Waals surface area contributed by atoms with E-state index in [1.807, 2.05) is 43.5 Å². The van der Waals surface area contributed by atoms with E-state index in [4.69, 9.17) is 9.47 Å². The van der Waals surface area contributed by atoms with Crippen molar-refractivity contribution in [3.63, 3.8) is 0 Å². The monoisotopic (exact) mass is 414 g/mol. The molecule has 0 saturated carbocycles. The standard InChI is InChI=1S/C22H26N2O4S/c1-4-11-27-16-9-7-15(8-10-16)17-13-29-20-19(17)21(25)24(14-23-20)18(6-3)22(26)28-12-5-2/h7-10,13-14,18H,4-6,11-12H2,1-3H3/t18-/m0/s1. The molecule has 3 rings (SSSR count). The Hall–Kier alpha value is -2.67. The maximum Gasteiger partial charge on any atom is 0.329 e. The highest BCUT2D eigenvalue weighted by Crippen LogP contribution is 2.32. The molecule has 154 valence electrons. The molecule has 0 aliphatic heterocycles. The number of ether oxygens (including phenoxy) is 2. The molecule has 0 radical (unpaired) electrons. The lowest BCUT2D eigenvalue weighted by atomic mass is 10.1. The van der Waals surface area contributed by atoms with Crippen molar-refractivity contribution in [1.29, 1.82) is 0 Å². The number of nitrogens with zero attached hydrogens (tertiary/aromatic N) is 2. The number of fused-ring (bicyclic) bond motifs is 1. The smallest absolute Gasteiger partial charge is 0.329 e. The topological polar surface area (TPSA) is 70.4 Å². The van der Waals surface area contributed by atoms with E-state index in [0.29, 0.717) is 29.9 Å². The number of aromatic nitrogens is 2. The molecule has 0 saturated heterocycles. The summed E-state index contributed by atoms with van der Waals surface area (Å²) in [6, 6.07) is 7.01. The van der Waals surface area contributed by atoms with Crippen LogP contribution in [-0.4, -0.2) is 28.7 Å². The van der Waals surface area contributed by atoms with Crippen molar-refractivity contribution in [1.82, 2.24) is 9.55 Å². The van der Waals surface area contributed by atoms with Crippen LogP contribution in [0.5, 0.6) is 5.75 Å². The number of benzene rings is 1. The van der Waals surface area contributed by atoms with Gasteiger partial charge in [0.15, 0.2) is 0 Å². The number of rotatable bonds is 9. The average molecular weight is 415 g/mol. The van der Waals surface area contributed by atoms with Gasteiger partial charge in [-0.1, -0.05) is 32.9 Å². The van der Waals surface area contributed by atoms with Gasteiger partial charge < -0.3 is 9.47 Å². The van der Waals surface area contributed by atoms with Gasteiger partial charge in [-0.15, -0.1) is 11.3 Å². The molecule has 2 aromatic heterocycles. The third-order valence-electron chi connectivity index (χ3n) is 4.60. The summed E-state index contributed by atoms with van der Waals surface area (Å²) in [5.41, 5.74) is 1.51. The summed E-state index contributed by atoms with van der Waals surface area (Å²) in [4.78, 5) is 30.8. The van der Waals surface area contributed by atoms with E-state index in [2.05, 4.69) is 11.9 Å². The molecule has 0 N–H and O–H groups in total. The normalized spacial score (nSPS) is 12.1. The molecule has 2 heterocycles. The Kier molecular flexibility index (Phi) is 7.04. The van der Waals surface area contributed by atoms with Gasteiger partial charge in [-0.25, -0.2) is 9.78 Å². The number of hydrogen-bond donors (Lipinski definition) is 0. The second-order valence-corrected chi connectivity index (χ2v) is 7.61. The number of thiophene rings is 1. The third-order valence-corrected chi connectivity index (χ3v) is 5.49. The Balaban J connectivity index is 2.00. The Bertz CT molecular complexity index is 1020. The number of hydrogen-bond acceptors (Lipinski definition) is 6. The van der Waals surface area contributed by atoms with Crippen molar-refractivity contribution in [2.24, 2.45) is 0 Å². The first-order valence-corrected chi connectivity index (χ1v) is 10.9. The summed E-state index contributed by atoms with van der Waals surface area (Å²) >= 11 is 1.42. The van der Waals surface area contributed by atoms with Gasteiger partial charge in [0.1, 0.15) is 16.6 Å². The maximum atomic E-state index is 13.3. The molecule has 0 unspecified atom stereocenters. The number of esters is 1. The SMILES string of the molecule is CCCOC(=O)[C@H](CC)n1cnc2scc(-c3ccc(OCCC)cc3)c2c1=O. The second kappa shape index (κ2) is 9.69. The molecule has 3 aromatic rings. The molecule has 29 heavy (non-hydrogen) atoms. The molecule has 0 bridgehead atoms. The van der Waals surface area contributed by atoms with Crippen LogP contribution in [0.2, 0.25) is 0 Å². The molecule has 0 aliphatic carbocycles. The molecule has 0 spiro atoms. The first kappa shape index (κ1) is 21.0. The van der Waals surface area contributed by atoms with Crippen molar-refractivity contribution in [2.45, 2.75) is 46.1 Å².